The summed E-state index contributed by atoms with van der Waals surface area (Å²) in [6.45, 7) is 2.41. The minimum Gasteiger partial charge on any atom is -0.379 e. The highest BCUT2D eigenvalue weighted by Gasteiger charge is 2.42. The lowest BCUT2D eigenvalue weighted by atomic mass is 9.83. The van der Waals surface area contributed by atoms with Gasteiger partial charge in [0.15, 0.2) is 5.60 Å². The number of aromatic amines is 1. The third-order valence-corrected chi connectivity index (χ3v) is 5.92. The first-order valence-corrected chi connectivity index (χ1v) is 9.96. The van der Waals surface area contributed by atoms with Crippen LogP contribution in [0, 0.1) is 5.92 Å². The van der Waals surface area contributed by atoms with Gasteiger partial charge in [-0.2, -0.15) is 5.10 Å². The summed E-state index contributed by atoms with van der Waals surface area (Å²) in [5.41, 5.74) is 1.78. The summed E-state index contributed by atoms with van der Waals surface area (Å²) >= 11 is 0. The first-order chi connectivity index (χ1) is 13.2. The summed E-state index contributed by atoms with van der Waals surface area (Å²) in [5.74, 6) is 0.521. The van der Waals surface area contributed by atoms with Crippen LogP contribution in [0.15, 0.2) is 36.5 Å². The Morgan fingerprint density at radius 3 is 2.81 bits per heavy atom. The molecule has 4 rings (SSSR count). The lowest BCUT2D eigenvalue weighted by Crippen LogP contribution is -2.58. The van der Waals surface area contributed by atoms with Crippen molar-refractivity contribution in [3.05, 3.63) is 42.1 Å². The fourth-order valence-corrected chi connectivity index (χ4v) is 4.09. The van der Waals surface area contributed by atoms with E-state index in [1.807, 2.05) is 35.2 Å². The van der Waals surface area contributed by atoms with E-state index < -0.39 is 5.60 Å². The first-order valence-electron chi connectivity index (χ1n) is 9.96. The number of amides is 1. The molecule has 144 valence electrons. The second-order valence-corrected chi connectivity index (χ2v) is 7.92. The lowest BCUT2D eigenvalue weighted by molar-refractivity contribution is -0.157. The van der Waals surface area contributed by atoms with Gasteiger partial charge in [-0.05, 0) is 37.2 Å². The maximum absolute atomic E-state index is 12.8. The number of nitrogens with zero attached hydrogens (tertiary/aromatic N) is 2. The topological polar surface area (TPSA) is 81.2 Å². The Kier molecular flexibility index (Phi) is 5.27. The van der Waals surface area contributed by atoms with E-state index in [9.17, 15) is 9.90 Å². The fraction of sp³-hybridized carbons (Fsp3) is 0.524. The molecule has 6 nitrogen and oxygen atoms in total. The summed E-state index contributed by atoms with van der Waals surface area (Å²) in [6, 6.07) is 10.0. The summed E-state index contributed by atoms with van der Waals surface area (Å²) < 4.78 is 0. The van der Waals surface area contributed by atoms with Crippen molar-refractivity contribution >= 4 is 5.91 Å². The van der Waals surface area contributed by atoms with E-state index in [1.54, 1.807) is 6.20 Å². The van der Waals surface area contributed by atoms with E-state index in [2.05, 4.69) is 15.5 Å². The Morgan fingerprint density at radius 2 is 2.07 bits per heavy atom. The second kappa shape index (κ2) is 7.82. The molecule has 6 heteroatoms. The molecule has 2 aromatic rings. The Morgan fingerprint density at radius 1 is 1.26 bits per heavy atom. The third-order valence-electron chi connectivity index (χ3n) is 5.92. The van der Waals surface area contributed by atoms with Crippen LogP contribution in [-0.2, 0) is 11.3 Å². The van der Waals surface area contributed by atoms with E-state index in [1.165, 1.54) is 19.3 Å². The highest BCUT2D eigenvalue weighted by Crippen LogP contribution is 2.30. The molecule has 0 radical (unpaired) electrons. The molecular formula is C21H28N4O2. The number of piperidine rings is 1. The van der Waals surface area contributed by atoms with Gasteiger partial charge in [0, 0.05) is 31.7 Å². The number of carbonyl (C=O) groups excluding carboxylic acids is 1. The monoisotopic (exact) mass is 368 g/mol. The van der Waals surface area contributed by atoms with Crippen LogP contribution in [0.1, 0.15) is 37.7 Å². The molecule has 1 atom stereocenters. The van der Waals surface area contributed by atoms with Crippen molar-refractivity contribution in [2.75, 3.05) is 19.6 Å². The van der Waals surface area contributed by atoms with Crippen LogP contribution in [0.3, 0.4) is 0 Å². The van der Waals surface area contributed by atoms with Crippen LogP contribution in [0.5, 0.6) is 0 Å². The number of nitrogens with one attached hydrogen (secondary N) is 2. The number of likely N-dealkylation sites (tertiary alicyclic amines) is 1. The van der Waals surface area contributed by atoms with Crippen LogP contribution in [0.25, 0.3) is 11.3 Å². The maximum Gasteiger partial charge on any atom is 0.255 e. The predicted octanol–water partition coefficient (Wildman–Crippen LogP) is 2.32. The van der Waals surface area contributed by atoms with E-state index in [0.717, 1.165) is 36.3 Å². The second-order valence-electron chi connectivity index (χ2n) is 7.92. The molecule has 3 N–H and O–H groups in total. The number of carbonyl (C=O) groups is 1. The number of hydrogen-bond acceptors (Lipinski definition) is 4. The molecule has 0 bridgehead atoms. The molecular weight excluding hydrogens is 340 g/mol. The molecule has 2 aliphatic rings. The summed E-state index contributed by atoms with van der Waals surface area (Å²) in [5, 5.41) is 21.4. The van der Waals surface area contributed by atoms with Gasteiger partial charge in [-0.3, -0.25) is 9.89 Å². The highest BCUT2D eigenvalue weighted by atomic mass is 16.3. The molecule has 27 heavy (non-hydrogen) atoms. The molecule has 1 aromatic carbocycles. The molecule has 1 aromatic heterocycles. The van der Waals surface area contributed by atoms with Gasteiger partial charge < -0.3 is 15.3 Å². The Hall–Kier alpha value is -2.18. The summed E-state index contributed by atoms with van der Waals surface area (Å²) in [6.07, 6.45) is 6.87. The SMILES string of the molecule is O=C1N(CC2CCC2)CCCC1(O)CNCc1cn[nH]c1-c1ccccc1. The van der Waals surface area contributed by atoms with E-state index in [0.29, 0.717) is 18.9 Å². The van der Waals surface area contributed by atoms with Crippen molar-refractivity contribution in [3.8, 4) is 11.3 Å². The zero-order valence-electron chi connectivity index (χ0n) is 15.7. The van der Waals surface area contributed by atoms with Crippen LogP contribution in [0.2, 0.25) is 0 Å². The van der Waals surface area contributed by atoms with Gasteiger partial charge in [0.1, 0.15) is 0 Å². The summed E-state index contributed by atoms with van der Waals surface area (Å²) in [7, 11) is 0. The van der Waals surface area contributed by atoms with Crippen LogP contribution in [-0.4, -0.2) is 51.3 Å². The zero-order chi connectivity index (χ0) is 18.7. The van der Waals surface area contributed by atoms with E-state index >= 15 is 0 Å². The third kappa shape index (κ3) is 3.92. The number of benzene rings is 1. The molecule has 1 aliphatic carbocycles. The van der Waals surface area contributed by atoms with E-state index in [4.69, 9.17) is 0 Å². The van der Waals surface area contributed by atoms with Crippen molar-refractivity contribution in [2.45, 2.75) is 44.2 Å². The Balaban J connectivity index is 1.36. The van der Waals surface area contributed by atoms with Gasteiger partial charge in [0.2, 0.25) is 0 Å². The van der Waals surface area contributed by atoms with E-state index in [-0.39, 0.29) is 12.5 Å². The standard InChI is InChI=1S/C21H28N4O2/c26-20-21(27,10-5-11-25(20)14-16-6-4-7-16)15-22-12-18-13-23-24-19(18)17-8-2-1-3-9-17/h1-3,8-9,13,16,22,27H,4-7,10-12,14-15H2,(H,23,24). The minimum absolute atomic E-state index is 0.108. The maximum atomic E-state index is 12.8. The fourth-order valence-electron chi connectivity index (χ4n) is 4.09. The van der Waals surface area contributed by atoms with Crippen molar-refractivity contribution < 1.29 is 9.90 Å². The zero-order valence-corrected chi connectivity index (χ0v) is 15.7. The van der Waals surface area contributed by atoms with Gasteiger partial charge in [-0.1, -0.05) is 36.8 Å². The minimum atomic E-state index is -1.29. The van der Waals surface area contributed by atoms with Crippen LogP contribution < -0.4 is 5.32 Å². The summed E-state index contributed by atoms with van der Waals surface area (Å²) in [4.78, 5) is 14.7. The van der Waals surface area contributed by atoms with Crippen molar-refractivity contribution in [3.63, 3.8) is 0 Å². The quantitative estimate of drug-likeness (QED) is 0.701. The number of aliphatic hydroxyl groups is 1. The largest absolute Gasteiger partial charge is 0.379 e. The number of hydrogen-bond donors (Lipinski definition) is 3. The molecule has 1 saturated carbocycles. The van der Waals surface area contributed by atoms with Gasteiger partial charge >= 0.3 is 0 Å². The van der Waals surface area contributed by atoms with Gasteiger partial charge in [-0.15, -0.1) is 0 Å². The highest BCUT2D eigenvalue weighted by molar-refractivity contribution is 5.86. The predicted molar refractivity (Wildman–Crippen MR) is 104 cm³/mol. The molecule has 1 amide bonds. The molecule has 2 heterocycles. The smallest absolute Gasteiger partial charge is 0.255 e. The van der Waals surface area contributed by atoms with Crippen molar-refractivity contribution in [1.82, 2.24) is 20.4 Å². The van der Waals surface area contributed by atoms with Gasteiger partial charge in [-0.25, -0.2) is 0 Å². The molecule has 1 unspecified atom stereocenters. The first kappa shape index (κ1) is 18.2. The lowest BCUT2D eigenvalue weighted by Gasteiger charge is -2.41. The Labute approximate surface area is 160 Å². The number of aromatic nitrogens is 2. The molecule has 2 fully saturated rings. The molecule has 1 saturated heterocycles. The van der Waals surface area contributed by atoms with Crippen LogP contribution >= 0.6 is 0 Å². The van der Waals surface area contributed by atoms with Crippen molar-refractivity contribution in [1.29, 1.82) is 0 Å². The van der Waals surface area contributed by atoms with Crippen molar-refractivity contribution in [2.24, 2.45) is 5.92 Å². The van der Waals surface area contributed by atoms with Crippen LogP contribution in [0.4, 0.5) is 0 Å². The normalized spacial score (nSPS) is 23.4. The van der Waals surface area contributed by atoms with Gasteiger partial charge in [0.05, 0.1) is 11.9 Å². The number of rotatable bonds is 7. The number of H-pyrrole nitrogens is 1. The average molecular weight is 368 g/mol. The Bertz CT molecular complexity index is 771. The molecule has 1 aliphatic heterocycles. The molecule has 0 spiro atoms. The van der Waals surface area contributed by atoms with Gasteiger partial charge in [0.25, 0.3) is 5.91 Å². The average Bonchev–Trinajstić information content (AvgIpc) is 3.11.